The van der Waals surface area contributed by atoms with E-state index in [1.165, 1.54) is 22.9 Å². The van der Waals surface area contributed by atoms with Gasteiger partial charge in [-0.1, -0.05) is 29.8 Å². The number of hydrogen-bond acceptors (Lipinski definition) is 5. The largest absolute Gasteiger partial charge is 0.333 e. The van der Waals surface area contributed by atoms with Gasteiger partial charge in [-0.25, -0.2) is 0 Å². The maximum Gasteiger partial charge on any atom is 0.268 e. The van der Waals surface area contributed by atoms with Gasteiger partial charge in [0.2, 0.25) is 0 Å². The molecule has 1 atom stereocenters. The van der Waals surface area contributed by atoms with Gasteiger partial charge in [-0.15, -0.1) is 11.3 Å². The van der Waals surface area contributed by atoms with Crippen LogP contribution in [0.2, 0.25) is 0 Å². The monoisotopic (exact) mass is 285 g/mol. The highest BCUT2D eigenvalue weighted by Crippen LogP contribution is 2.33. The molecule has 0 bridgehead atoms. The number of nitrogens with zero attached hydrogens (tertiary/aromatic N) is 2. The van der Waals surface area contributed by atoms with Crippen LogP contribution in [0.3, 0.4) is 0 Å². The van der Waals surface area contributed by atoms with Gasteiger partial charge in [0.05, 0.1) is 10.9 Å². The first-order valence-electron chi connectivity index (χ1n) is 6.96. The maximum atomic E-state index is 5.44. The van der Waals surface area contributed by atoms with E-state index in [1.54, 1.807) is 11.3 Å². The Morgan fingerprint density at radius 2 is 2.20 bits per heavy atom. The minimum Gasteiger partial charge on any atom is -0.333 e. The second-order valence-electron chi connectivity index (χ2n) is 5.11. The molecule has 2 aromatic heterocycles. The molecule has 3 heterocycles. The lowest BCUT2D eigenvalue weighted by Gasteiger charge is -2.19. The number of nitrogens with one attached hydrogen (secondary N) is 1. The van der Waals surface area contributed by atoms with Crippen LogP contribution in [0.5, 0.6) is 0 Å². The van der Waals surface area contributed by atoms with E-state index in [0.717, 1.165) is 23.7 Å². The van der Waals surface area contributed by atoms with Crippen LogP contribution in [0, 0.1) is 0 Å². The summed E-state index contributed by atoms with van der Waals surface area (Å²) in [5.41, 5.74) is 0. The number of hydrogen-bond donors (Lipinski definition) is 1. The van der Waals surface area contributed by atoms with Gasteiger partial charge in [-0.2, -0.15) is 4.98 Å². The van der Waals surface area contributed by atoms with Crippen LogP contribution in [0.25, 0.3) is 20.9 Å². The molecule has 4 rings (SSSR count). The maximum absolute atomic E-state index is 5.44. The number of benzene rings is 1. The quantitative estimate of drug-likeness (QED) is 0.778. The molecule has 102 valence electrons. The van der Waals surface area contributed by atoms with Crippen LogP contribution in [0.15, 0.2) is 34.9 Å². The molecule has 5 heteroatoms. The first-order chi connectivity index (χ1) is 9.90. The van der Waals surface area contributed by atoms with Gasteiger partial charge < -0.3 is 9.84 Å². The van der Waals surface area contributed by atoms with E-state index in [2.05, 4.69) is 33.7 Å². The summed E-state index contributed by atoms with van der Waals surface area (Å²) in [6, 6.07) is 10.7. The summed E-state index contributed by atoms with van der Waals surface area (Å²) in [4.78, 5) is 5.61. The van der Waals surface area contributed by atoms with E-state index in [-0.39, 0.29) is 6.04 Å². The molecule has 0 aliphatic carbocycles. The van der Waals surface area contributed by atoms with Gasteiger partial charge in [0, 0.05) is 4.70 Å². The second kappa shape index (κ2) is 5.00. The summed E-state index contributed by atoms with van der Waals surface area (Å²) in [5.74, 6) is 1.42. The smallest absolute Gasteiger partial charge is 0.268 e. The molecule has 0 radical (unpaired) electrons. The number of aromatic nitrogens is 2. The van der Waals surface area contributed by atoms with Gasteiger partial charge in [0.1, 0.15) is 0 Å². The molecular formula is C15H15N3OS. The standard InChI is InChI=1S/C15H15N3OS/c1-2-7-12-10(5-1)9-13(20-12)15-17-14(18-19-15)11-6-3-4-8-16-11/h1-2,5,7,9,11,16H,3-4,6,8H2. The normalized spacial score (nSPS) is 19.5. The van der Waals surface area contributed by atoms with Crippen molar-refractivity contribution < 1.29 is 4.52 Å². The molecule has 1 aromatic carbocycles. The lowest BCUT2D eigenvalue weighted by molar-refractivity contribution is 0.367. The lowest BCUT2D eigenvalue weighted by atomic mass is 10.0. The fourth-order valence-corrected chi connectivity index (χ4v) is 3.62. The number of fused-ring (bicyclic) bond motifs is 1. The van der Waals surface area contributed by atoms with Gasteiger partial charge in [0.25, 0.3) is 5.89 Å². The minimum absolute atomic E-state index is 0.246. The fraction of sp³-hybridized carbons (Fsp3) is 0.333. The summed E-state index contributed by atoms with van der Waals surface area (Å²) in [7, 11) is 0. The van der Waals surface area contributed by atoms with Crippen molar-refractivity contribution in [2.75, 3.05) is 6.54 Å². The molecule has 0 amide bonds. The Balaban J connectivity index is 1.66. The van der Waals surface area contributed by atoms with Gasteiger partial charge in [0.15, 0.2) is 5.82 Å². The van der Waals surface area contributed by atoms with Crippen molar-refractivity contribution in [1.29, 1.82) is 0 Å². The Morgan fingerprint density at radius 3 is 3.05 bits per heavy atom. The SMILES string of the molecule is c1ccc2sc(-c3nc(C4CCCCN4)no3)cc2c1. The number of thiophene rings is 1. The zero-order valence-corrected chi connectivity index (χ0v) is 11.8. The van der Waals surface area contributed by atoms with E-state index in [9.17, 15) is 0 Å². The average Bonchev–Trinajstić information content (AvgIpc) is 3.14. The van der Waals surface area contributed by atoms with Crippen molar-refractivity contribution in [2.24, 2.45) is 0 Å². The third kappa shape index (κ3) is 2.13. The highest BCUT2D eigenvalue weighted by molar-refractivity contribution is 7.22. The Hall–Kier alpha value is -1.72. The highest BCUT2D eigenvalue weighted by atomic mass is 32.1. The highest BCUT2D eigenvalue weighted by Gasteiger charge is 2.21. The second-order valence-corrected chi connectivity index (χ2v) is 6.19. The number of rotatable bonds is 2. The van der Waals surface area contributed by atoms with Crippen molar-refractivity contribution in [2.45, 2.75) is 25.3 Å². The molecule has 1 unspecified atom stereocenters. The summed E-state index contributed by atoms with van der Waals surface area (Å²) < 4.78 is 6.69. The molecule has 1 N–H and O–H groups in total. The van der Waals surface area contributed by atoms with Crippen LogP contribution in [0.1, 0.15) is 31.1 Å². The Kier molecular flexibility index (Phi) is 3.01. The third-order valence-electron chi connectivity index (χ3n) is 3.70. The molecular weight excluding hydrogens is 270 g/mol. The van der Waals surface area contributed by atoms with Crippen molar-refractivity contribution in [1.82, 2.24) is 15.5 Å². The van der Waals surface area contributed by atoms with E-state index < -0.39 is 0 Å². The Bertz CT molecular complexity index is 694. The summed E-state index contributed by atoms with van der Waals surface area (Å²) in [6.45, 7) is 1.04. The van der Waals surface area contributed by atoms with E-state index in [4.69, 9.17) is 4.52 Å². The van der Waals surface area contributed by atoms with Crippen LogP contribution in [0.4, 0.5) is 0 Å². The molecule has 0 spiro atoms. The third-order valence-corrected chi connectivity index (χ3v) is 4.80. The first kappa shape index (κ1) is 12.1. The molecule has 1 fully saturated rings. The topological polar surface area (TPSA) is 51.0 Å². The fourth-order valence-electron chi connectivity index (χ4n) is 2.64. The zero-order valence-electron chi connectivity index (χ0n) is 11.0. The van der Waals surface area contributed by atoms with Crippen molar-refractivity contribution in [3.63, 3.8) is 0 Å². The van der Waals surface area contributed by atoms with E-state index in [1.807, 2.05) is 12.1 Å². The summed E-state index contributed by atoms with van der Waals surface area (Å²) in [5, 5.41) is 8.81. The molecule has 1 saturated heterocycles. The molecule has 1 aliphatic rings. The van der Waals surface area contributed by atoms with E-state index >= 15 is 0 Å². The van der Waals surface area contributed by atoms with Gasteiger partial charge >= 0.3 is 0 Å². The van der Waals surface area contributed by atoms with E-state index in [0.29, 0.717) is 5.89 Å². The van der Waals surface area contributed by atoms with Crippen LogP contribution >= 0.6 is 11.3 Å². The van der Waals surface area contributed by atoms with Crippen molar-refractivity contribution in [3.8, 4) is 10.8 Å². The summed E-state index contributed by atoms with van der Waals surface area (Å²) >= 11 is 1.69. The van der Waals surface area contributed by atoms with Gasteiger partial charge in [-0.3, -0.25) is 0 Å². The lowest BCUT2D eigenvalue weighted by Crippen LogP contribution is -2.27. The predicted molar refractivity (Wildman–Crippen MR) is 79.7 cm³/mol. The van der Waals surface area contributed by atoms with Crippen molar-refractivity contribution in [3.05, 3.63) is 36.2 Å². The van der Waals surface area contributed by atoms with Crippen LogP contribution in [-0.2, 0) is 0 Å². The minimum atomic E-state index is 0.246. The average molecular weight is 285 g/mol. The molecule has 20 heavy (non-hydrogen) atoms. The zero-order chi connectivity index (χ0) is 13.4. The Morgan fingerprint density at radius 1 is 1.25 bits per heavy atom. The van der Waals surface area contributed by atoms with Crippen molar-refractivity contribution >= 4 is 21.4 Å². The molecule has 0 saturated carbocycles. The molecule has 3 aromatic rings. The molecule has 1 aliphatic heterocycles. The first-order valence-corrected chi connectivity index (χ1v) is 7.78. The molecule has 4 nitrogen and oxygen atoms in total. The van der Waals surface area contributed by atoms with Crippen LogP contribution < -0.4 is 5.32 Å². The Labute approximate surface area is 120 Å². The summed E-state index contributed by atoms with van der Waals surface area (Å²) in [6.07, 6.45) is 3.55. The number of piperidine rings is 1. The van der Waals surface area contributed by atoms with Gasteiger partial charge in [-0.05, 0) is 36.9 Å². The van der Waals surface area contributed by atoms with Crippen LogP contribution in [-0.4, -0.2) is 16.7 Å². The predicted octanol–water partition coefficient (Wildman–Crippen LogP) is 3.77.